The SMILES string of the molecule is N/C(=C\C(=C/Cc1ccccc1)n1c2cccnc2c2nc3c4ccccc4n(-c4ccccc4)c3cc21)c1ccccc1. The average Bonchev–Trinajstić information content (AvgIpc) is 3.59. The van der Waals surface area contributed by atoms with Gasteiger partial charge in [-0.25, -0.2) is 4.98 Å². The zero-order chi connectivity index (χ0) is 29.5. The third-order valence-corrected chi connectivity index (χ3v) is 8.19. The van der Waals surface area contributed by atoms with Crippen molar-refractivity contribution in [2.24, 2.45) is 5.73 Å². The molecule has 0 fully saturated rings. The molecular formula is C39H29N5. The summed E-state index contributed by atoms with van der Waals surface area (Å²) in [5, 5.41) is 1.11. The maximum absolute atomic E-state index is 6.77. The van der Waals surface area contributed by atoms with Crippen LogP contribution in [0.1, 0.15) is 11.1 Å². The second-order valence-corrected chi connectivity index (χ2v) is 10.9. The van der Waals surface area contributed by atoms with E-state index in [1.807, 2.05) is 54.7 Å². The van der Waals surface area contributed by atoms with E-state index in [2.05, 4.69) is 106 Å². The fourth-order valence-electron chi connectivity index (χ4n) is 6.15. The topological polar surface area (TPSA) is 61.7 Å². The Labute approximate surface area is 254 Å². The summed E-state index contributed by atoms with van der Waals surface area (Å²) in [6, 6.07) is 45.9. The molecule has 0 bridgehead atoms. The molecule has 0 spiro atoms. The molecule has 0 atom stereocenters. The Balaban J connectivity index is 1.45. The molecule has 4 aromatic heterocycles. The van der Waals surface area contributed by atoms with Crippen LogP contribution >= 0.6 is 0 Å². The summed E-state index contributed by atoms with van der Waals surface area (Å²) in [4.78, 5) is 10.2. The molecule has 0 aliphatic carbocycles. The molecule has 5 heteroatoms. The Hall–Kier alpha value is -5.94. The van der Waals surface area contributed by atoms with Gasteiger partial charge in [0.15, 0.2) is 0 Å². The first-order valence-corrected chi connectivity index (χ1v) is 14.8. The van der Waals surface area contributed by atoms with Crippen LogP contribution in [0.25, 0.3) is 61.1 Å². The molecule has 5 nitrogen and oxygen atoms in total. The first kappa shape index (κ1) is 25.7. The van der Waals surface area contributed by atoms with Crippen molar-refractivity contribution < 1.29 is 0 Å². The molecule has 8 rings (SSSR count). The van der Waals surface area contributed by atoms with Gasteiger partial charge in [0, 0.05) is 28.7 Å². The van der Waals surface area contributed by atoms with E-state index in [9.17, 15) is 0 Å². The van der Waals surface area contributed by atoms with Crippen LogP contribution in [0.2, 0.25) is 0 Å². The molecule has 2 N–H and O–H groups in total. The number of para-hydroxylation sites is 2. The van der Waals surface area contributed by atoms with Gasteiger partial charge in [0.2, 0.25) is 0 Å². The van der Waals surface area contributed by atoms with Crippen molar-refractivity contribution in [1.29, 1.82) is 0 Å². The standard InChI is InChI=1S/C39H29N5/c40-32(28-15-6-2-7-16-28)25-30(23-22-27-13-4-1-5-14-27)44-34-21-12-24-41-38(34)39-36(44)26-35-37(42-39)31-19-10-11-20-33(31)43(35)29-17-8-3-9-18-29/h1-21,23-26H,22,40H2/b30-23+,32-25-. The van der Waals surface area contributed by atoms with Crippen LogP contribution in [0.15, 0.2) is 152 Å². The zero-order valence-corrected chi connectivity index (χ0v) is 24.0. The predicted octanol–water partition coefficient (Wildman–Crippen LogP) is 8.77. The summed E-state index contributed by atoms with van der Waals surface area (Å²) in [5.41, 5.74) is 18.5. The number of fused-ring (bicyclic) bond motifs is 6. The molecule has 0 saturated carbocycles. The van der Waals surface area contributed by atoms with Crippen LogP contribution in [-0.2, 0) is 6.42 Å². The zero-order valence-electron chi connectivity index (χ0n) is 24.0. The quantitative estimate of drug-likeness (QED) is 0.204. The van der Waals surface area contributed by atoms with Crippen LogP contribution in [0, 0.1) is 0 Å². The second-order valence-electron chi connectivity index (χ2n) is 10.9. The summed E-state index contributed by atoms with van der Waals surface area (Å²) in [6.45, 7) is 0. The van der Waals surface area contributed by atoms with Crippen molar-refractivity contribution in [2.75, 3.05) is 0 Å². The minimum absolute atomic E-state index is 0.691. The van der Waals surface area contributed by atoms with Crippen molar-refractivity contribution in [2.45, 2.75) is 6.42 Å². The normalized spacial score (nSPS) is 12.5. The van der Waals surface area contributed by atoms with Crippen LogP contribution in [0.3, 0.4) is 0 Å². The molecular weight excluding hydrogens is 538 g/mol. The van der Waals surface area contributed by atoms with Crippen molar-refractivity contribution in [3.8, 4) is 5.69 Å². The van der Waals surface area contributed by atoms with Crippen LogP contribution in [0.5, 0.6) is 0 Å². The highest BCUT2D eigenvalue weighted by Crippen LogP contribution is 2.37. The number of benzene rings is 4. The number of hydrogen-bond donors (Lipinski definition) is 1. The van der Waals surface area contributed by atoms with Gasteiger partial charge in [-0.2, -0.15) is 0 Å². The summed E-state index contributed by atoms with van der Waals surface area (Å²) >= 11 is 0. The largest absolute Gasteiger partial charge is 0.398 e. The fraction of sp³-hybridized carbons (Fsp3) is 0.0256. The number of nitrogens with zero attached hydrogens (tertiary/aromatic N) is 4. The Kier molecular flexibility index (Phi) is 6.27. The van der Waals surface area contributed by atoms with Gasteiger partial charge in [-0.1, -0.05) is 103 Å². The van der Waals surface area contributed by atoms with E-state index in [1.165, 1.54) is 5.56 Å². The second kappa shape index (κ2) is 10.7. The lowest BCUT2D eigenvalue weighted by Crippen LogP contribution is -2.02. The van der Waals surface area contributed by atoms with Crippen molar-refractivity contribution in [3.05, 3.63) is 163 Å². The Morgan fingerprint density at radius 2 is 1.32 bits per heavy atom. The number of nitrogens with two attached hydrogens (primary N) is 1. The van der Waals surface area contributed by atoms with Gasteiger partial charge < -0.3 is 14.9 Å². The Bertz CT molecular complexity index is 2350. The van der Waals surface area contributed by atoms with Gasteiger partial charge in [-0.15, -0.1) is 0 Å². The minimum atomic E-state index is 0.691. The molecule has 0 radical (unpaired) electrons. The molecule has 0 unspecified atom stereocenters. The molecule has 210 valence electrons. The smallest absolute Gasteiger partial charge is 0.116 e. The molecule has 0 saturated heterocycles. The van der Waals surface area contributed by atoms with E-state index in [0.29, 0.717) is 5.70 Å². The summed E-state index contributed by atoms with van der Waals surface area (Å²) < 4.78 is 4.56. The fourth-order valence-corrected chi connectivity index (χ4v) is 6.15. The summed E-state index contributed by atoms with van der Waals surface area (Å²) in [5.74, 6) is 0. The third-order valence-electron chi connectivity index (χ3n) is 8.19. The van der Waals surface area contributed by atoms with Crippen LogP contribution < -0.4 is 5.73 Å². The van der Waals surface area contributed by atoms with Gasteiger partial charge in [0.1, 0.15) is 11.0 Å². The van der Waals surface area contributed by atoms with Gasteiger partial charge in [-0.3, -0.25) is 4.98 Å². The molecule has 0 aliphatic heterocycles. The maximum Gasteiger partial charge on any atom is 0.116 e. The lowest BCUT2D eigenvalue weighted by Gasteiger charge is -2.12. The van der Waals surface area contributed by atoms with Gasteiger partial charge in [0.05, 0.1) is 27.6 Å². The third kappa shape index (κ3) is 4.34. The lowest BCUT2D eigenvalue weighted by atomic mass is 10.1. The van der Waals surface area contributed by atoms with E-state index >= 15 is 0 Å². The predicted molar refractivity (Wildman–Crippen MR) is 182 cm³/mol. The van der Waals surface area contributed by atoms with Gasteiger partial charge in [-0.05, 0) is 60.0 Å². The highest BCUT2D eigenvalue weighted by molar-refractivity contribution is 6.15. The lowest BCUT2D eigenvalue weighted by molar-refractivity contribution is 1.17. The minimum Gasteiger partial charge on any atom is -0.398 e. The molecule has 44 heavy (non-hydrogen) atoms. The molecule has 4 aromatic carbocycles. The van der Waals surface area contributed by atoms with E-state index in [4.69, 9.17) is 15.7 Å². The van der Waals surface area contributed by atoms with Crippen molar-refractivity contribution >= 4 is 55.4 Å². The van der Waals surface area contributed by atoms with Crippen molar-refractivity contribution in [1.82, 2.24) is 19.1 Å². The molecule has 8 aromatic rings. The van der Waals surface area contributed by atoms with Gasteiger partial charge >= 0.3 is 0 Å². The Morgan fingerprint density at radius 3 is 2.11 bits per heavy atom. The molecule has 0 amide bonds. The number of pyridine rings is 2. The first-order chi connectivity index (χ1) is 21.8. The highest BCUT2D eigenvalue weighted by Gasteiger charge is 2.20. The summed E-state index contributed by atoms with van der Waals surface area (Å²) in [6.07, 6.45) is 6.90. The van der Waals surface area contributed by atoms with Crippen molar-refractivity contribution in [3.63, 3.8) is 0 Å². The number of aromatic nitrogens is 4. The van der Waals surface area contributed by atoms with E-state index in [0.717, 1.165) is 67.4 Å². The molecule has 0 aliphatic rings. The first-order valence-electron chi connectivity index (χ1n) is 14.8. The summed E-state index contributed by atoms with van der Waals surface area (Å²) in [7, 11) is 0. The van der Waals surface area contributed by atoms with Gasteiger partial charge in [0.25, 0.3) is 0 Å². The van der Waals surface area contributed by atoms with Crippen LogP contribution in [-0.4, -0.2) is 19.1 Å². The maximum atomic E-state index is 6.77. The van der Waals surface area contributed by atoms with E-state index in [1.54, 1.807) is 0 Å². The van der Waals surface area contributed by atoms with E-state index in [-0.39, 0.29) is 0 Å². The Morgan fingerprint density at radius 1 is 0.636 bits per heavy atom. The number of allylic oxidation sites excluding steroid dienone is 3. The number of hydrogen-bond acceptors (Lipinski definition) is 3. The molecule has 4 heterocycles. The van der Waals surface area contributed by atoms with E-state index < -0.39 is 0 Å². The highest BCUT2D eigenvalue weighted by atomic mass is 15.0. The monoisotopic (exact) mass is 567 g/mol. The number of rotatable bonds is 6. The van der Waals surface area contributed by atoms with Crippen LogP contribution in [0.4, 0.5) is 0 Å². The average molecular weight is 568 g/mol.